The van der Waals surface area contributed by atoms with E-state index in [0.717, 1.165) is 6.42 Å². The lowest BCUT2D eigenvalue weighted by atomic mass is 9.95. The van der Waals surface area contributed by atoms with E-state index >= 15 is 0 Å². The van der Waals surface area contributed by atoms with Crippen molar-refractivity contribution in [1.82, 2.24) is 10.2 Å². The molecule has 1 aromatic rings. The van der Waals surface area contributed by atoms with Crippen LogP contribution in [0.3, 0.4) is 0 Å². The lowest BCUT2D eigenvalue weighted by Crippen LogP contribution is -2.43. The van der Waals surface area contributed by atoms with Gasteiger partial charge in [0.2, 0.25) is 11.8 Å². The fraction of sp³-hybridized carbons (Fsp3) is 0.529. The number of amides is 2. The quantitative estimate of drug-likeness (QED) is 0.635. The second-order valence-corrected chi connectivity index (χ2v) is 6.01. The molecule has 24 heavy (non-hydrogen) atoms. The van der Waals surface area contributed by atoms with E-state index < -0.39 is 4.92 Å². The molecule has 0 aromatic heterocycles. The first-order chi connectivity index (χ1) is 11.5. The normalized spacial score (nSPS) is 15.1. The molecule has 0 spiro atoms. The number of para-hydroxylation sites is 1. The van der Waals surface area contributed by atoms with Gasteiger partial charge in [-0.15, -0.1) is 0 Å². The van der Waals surface area contributed by atoms with E-state index in [0.29, 0.717) is 38.0 Å². The zero-order valence-electron chi connectivity index (χ0n) is 13.9. The summed E-state index contributed by atoms with van der Waals surface area (Å²) in [7, 11) is 0. The molecule has 0 atom stereocenters. The molecule has 2 amide bonds. The van der Waals surface area contributed by atoms with Gasteiger partial charge < -0.3 is 10.2 Å². The van der Waals surface area contributed by atoms with Gasteiger partial charge in [0, 0.05) is 37.2 Å². The maximum absolute atomic E-state index is 12.4. The Morgan fingerprint density at radius 3 is 2.58 bits per heavy atom. The second kappa shape index (κ2) is 8.42. The maximum Gasteiger partial charge on any atom is 0.273 e. The standard InChI is InChI=1S/C17H23N3O4/c1-2-9-18-17(22)13-7-10-19(11-8-13)16(21)12-14-5-3-4-6-15(14)20(23)24/h3-6,13H,2,7-12H2,1H3,(H,18,22). The van der Waals surface area contributed by atoms with Crippen LogP contribution < -0.4 is 5.32 Å². The largest absolute Gasteiger partial charge is 0.356 e. The Morgan fingerprint density at radius 2 is 1.96 bits per heavy atom. The molecule has 2 rings (SSSR count). The summed E-state index contributed by atoms with van der Waals surface area (Å²) in [5.41, 5.74) is 0.398. The highest BCUT2D eigenvalue weighted by atomic mass is 16.6. The molecule has 1 N–H and O–H groups in total. The zero-order valence-corrected chi connectivity index (χ0v) is 13.9. The molecule has 0 bridgehead atoms. The Hall–Kier alpha value is -2.44. The molecule has 1 fully saturated rings. The average Bonchev–Trinajstić information content (AvgIpc) is 2.60. The highest BCUT2D eigenvalue weighted by Gasteiger charge is 2.28. The number of rotatable bonds is 6. The van der Waals surface area contributed by atoms with Crippen molar-refractivity contribution in [2.45, 2.75) is 32.6 Å². The predicted octanol–water partition coefficient (Wildman–Crippen LogP) is 1.90. The number of benzene rings is 1. The summed E-state index contributed by atoms with van der Waals surface area (Å²) >= 11 is 0. The monoisotopic (exact) mass is 333 g/mol. The maximum atomic E-state index is 12.4. The van der Waals surface area contributed by atoms with E-state index in [1.54, 1.807) is 23.1 Å². The van der Waals surface area contributed by atoms with Crippen LogP contribution in [0, 0.1) is 16.0 Å². The van der Waals surface area contributed by atoms with Crippen LogP contribution in [0.4, 0.5) is 5.69 Å². The van der Waals surface area contributed by atoms with Crippen molar-refractivity contribution >= 4 is 17.5 Å². The number of likely N-dealkylation sites (tertiary alicyclic amines) is 1. The number of nitrogens with zero attached hydrogens (tertiary/aromatic N) is 2. The molecular weight excluding hydrogens is 310 g/mol. The van der Waals surface area contributed by atoms with Crippen LogP contribution in [-0.2, 0) is 16.0 Å². The van der Waals surface area contributed by atoms with Gasteiger partial charge in [-0.05, 0) is 19.3 Å². The van der Waals surface area contributed by atoms with Gasteiger partial charge in [-0.2, -0.15) is 0 Å². The lowest BCUT2D eigenvalue weighted by Gasteiger charge is -2.31. The van der Waals surface area contributed by atoms with Gasteiger partial charge in [0.1, 0.15) is 0 Å². The molecule has 7 heteroatoms. The molecule has 0 aliphatic carbocycles. The van der Waals surface area contributed by atoms with Crippen molar-refractivity contribution in [1.29, 1.82) is 0 Å². The lowest BCUT2D eigenvalue weighted by molar-refractivity contribution is -0.385. The first-order valence-corrected chi connectivity index (χ1v) is 8.30. The minimum atomic E-state index is -0.465. The Morgan fingerprint density at radius 1 is 1.29 bits per heavy atom. The number of hydrogen-bond acceptors (Lipinski definition) is 4. The third-order valence-electron chi connectivity index (χ3n) is 4.30. The summed E-state index contributed by atoms with van der Waals surface area (Å²) in [4.78, 5) is 36.6. The van der Waals surface area contributed by atoms with E-state index in [4.69, 9.17) is 0 Å². The van der Waals surface area contributed by atoms with Crippen LogP contribution in [0.2, 0.25) is 0 Å². The van der Waals surface area contributed by atoms with Crippen LogP contribution in [-0.4, -0.2) is 41.3 Å². The van der Waals surface area contributed by atoms with E-state index in [2.05, 4.69) is 5.32 Å². The van der Waals surface area contributed by atoms with Gasteiger partial charge >= 0.3 is 0 Å². The zero-order chi connectivity index (χ0) is 17.5. The number of nitro benzene ring substituents is 1. The molecule has 1 saturated heterocycles. The van der Waals surface area contributed by atoms with Gasteiger partial charge in [-0.1, -0.05) is 25.1 Å². The van der Waals surface area contributed by atoms with Crippen LogP contribution in [0.1, 0.15) is 31.7 Å². The molecule has 0 radical (unpaired) electrons. The molecule has 130 valence electrons. The Balaban J connectivity index is 1.90. The van der Waals surface area contributed by atoms with Crippen LogP contribution >= 0.6 is 0 Å². The second-order valence-electron chi connectivity index (χ2n) is 6.01. The molecule has 1 aromatic carbocycles. The summed E-state index contributed by atoms with van der Waals surface area (Å²) in [6.07, 6.45) is 2.19. The van der Waals surface area contributed by atoms with Crippen molar-refractivity contribution in [3.8, 4) is 0 Å². The fourth-order valence-corrected chi connectivity index (χ4v) is 2.90. The van der Waals surface area contributed by atoms with Crippen molar-refractivity contribution < 1.29 is 14.5 Å². The fourth-order valence-electron chi connectivity index (χ4n) is 2.90. The summed E-state index contributed by atoms with van der Waals surface area (Å²) in [6.45, 7) is 3.72. The van der Waals surface area contributed by atoms with Crippen molar-refractivity contribution in [2.24, 2.45) is 5.92 Å². The van der Waals surface area contributed by atoms with Crippen molar-refractivity contribution in [2.75, 3.05) is 19.6 Å². The summed E-state index contributed by atoms with van der Waals surface area (Å²) in [5, 5.41) is 13.9. The molecule has 1 aliphatic rings. The first kappa shape index (κ1) is 17.9. The molecule has 1 aliphatic heterocycles. The molecule has 0 saturated carbocycles. The number of hydrogen-bond donors (Lipinski definition) is 1. The number of carbonyl (C=O) groups excluding carboxylic acids is 2. The first-order valence-electron chi connectivity index (χ1n) is 8.30. The van der Waals surface area contributed by atoms with Gasteiger partial charge in [-0.3, -0.25) is 19.7 Å². The highest BCUT2D eigenvalue weighted by molar-refractivity contribution is 5.81. The van der Waals surface area contributed by atoms with E-state index in [9.17, 15) is 19.7 Å². The topological polar surface area (TPSA) is 92.6 Å². The minimum Gasteiger partial charge on any atom is -0.356 e. The van der Waals surface area contributed by atoms with Crippen LogP contribution in [0.15, 0.2) is 24.3 Å². The van der Waals surface area contributed by atoms with E-state index in [1.165, 1.54) is 6.07 Å². The minimum absolute atomic E-state index is 0.0177. The molecule has 7 nitrogen and oxygen atoms in total. The predicted molar refractivity (Wildman–Crippen MR) is 89.4 cm³/mol. The number of nitro groups is 1. The number of carbonyl (C=O) groups is 2. The van der Waals surface area contributed by atoms with Gasteiger partial charge in [0.05, 0.1) is 11.3 Å². The van der Waals surface area contributed by atoms with E-state index in [1.807, 2.05) is 6.92 Å². The van der Waals surface area contributed by atoms with Gasteiger partial charge in [-0.25, -0.2) is 0 Å². The molecular formula is C17H23N3O4. The summed E-state index contributed by atoms with van der Waals surface area (Å²) < 4.78 is 0. The van der Waals surface area contributed by atoms with Gasteiger partial charge in [0.25, 0.3) is 5.69 Å². The molecule has 1 heterocycles. The van der Waals surface area contributed by atoms with E-state index in [-0.39, 0.29) is 29.8 Å². The van der Waals surface area contributed by atoms with Gasteiger partial charge in [0.15, 0.2) is 0 Å². The average molecular weight is 333 g/mol. The number of nitrogens with one attached hydrogen (secondary N) is 1. The van der Waals surface area contributed by atoms with Crippen molar-refractivity contribution in [3.05, 3.63) is 39.9 Å². The number of piperidine rings is 1. The third-order valence-corrected chi connectivity index (χ3v) is 4.30. The Kier molecular flexibility index (Phi) is 6.28. The SMILES string of the molecule is CCCNC(=O)C1CCN(C(=O)Cc2ccccc2[N+](=O)[O-])CC1. The summed E-state index contributed by atoms with van der Waals surface area (Å²) in [5.74, 6) is -0.119. The van der Waals surface area contributed by atoms with Crippen LogP contribution in [0.25, 0.3) is 0 Å². The molecule has 0 unspecified atom stereocenters. The van der Waals surface area contributed by atoms with Crippen molar-refractivity contribution in [3.63, 3.8) is 0 Å². The Labute approximate surface area is 141 Å². The summed E-state index contributed by atoms with van der Waals surface area (Å²) in [6, 6.07) is 6.31. The third kappa shape index (κ3) is 4.53. The Bertz CT molecular complexity index is 610. The smallest absolute Gasteiger partial charge is 0.273 e. The van der Waals surface area contributed by atoms with Crippen LogP contribution in [0.5, 0.6) is 0 Å². The highest BCUT2D eigenvalue weighted by Crippen LogP contribution is 2.21.